The molecule has 0 spiro atoms. The zero-order chi connectivity index (χ0) is 24.0. The third-order valence-electron chi connectivity index (χ3n) is 4.67. The zero-order valence-electron chi connectivity index (χ0n) is 17.9. The minimum atomic E-state index is -1.22. The molecule has 0 atom stereocenters. The highest BCUT2D eigenvalue weighted by Gasteiger charge is 2.18. The highest BCUT2D eigenvalue weighted by atomic mass is 32.2. The molecular formula is C23H22N4O5S. The average Bonchev–Trinajstić information content (AvgIpc) is 3.00. The van der Waals surface area contributed by atoms with Crippen LogP contribution in [0.5, 0.6) is 0 Å². The van der Waals surface area contributed by atoms with Gasteiger partial charge in [-0.3, -0.25) is 19.1 Å². The molecule has 3 N–H and O–H groups in total. The van der Waals surface area contributed by atoms with Crippen LogP contribution in [0, 0.1) is 6.92 Å². The number of benzene rings is 2. The quantitative estimate of drug-likeness (QED) is 0.347. The van der Waals surface area contributed by atoms with Crippen LogP contribution in [0.2, 0.25) is 0 Å². The number of anilines is 2. The monoisotopic (exact) mass is 466 g/mol. The number of hydrogen-bond acceptors (Lipinski definition) is 5. The van der Waals surface area contributed by atoms with Crippen LogP contribution < -0.4 is 16.2 Å². The molecule has 170 valence electrons. The first-order valence-corrected chi connectivity index (χ1v) is 10.8. The van der Waals surface area contributed by atoms with E-state index in [4.69, 9.17) is 5.11 Å². The second kappa shape index (κ2) is 10.5. The third kappa shape index (κ3) is 6.01. The van der Waals surface area contributed by atoms with E-state index in [9.17, 15) is 19.2 Å². The number of thioether (sulfide) groups is 1. The van der Waals surface area contributed by atoms with Gasteiger partial charge in [0.05, 0.1) is 17.1 Å². The summed E-state index contributed by atoms with van der Waals surface area (Å²) in [6.07, 6.45) is 1.66. The van der Waals surface area contributed by atoms with Crippen LogP contribution in [0.1, 0.15) is 5.69 Å². The molecule has 0 fully saturated rings. The molecule has 0 unspecified atom stereocenters. The van der Waals surface area contributed by atoms with Gasteiger partial charge >= 0.3 is 5.97 Å². The van der Waals surface area contributed by atoms with Crippen molar-refractivity contribution >= 4 is 40.9 Å². The number of nitrogens with one attached hydrogen (secondary N) is 2. The van der Waals surface area contributed by atoms with Crippen molar-refractivity contribution in [1.82, 2.24) is 9.36 Å². The van der Waals surface area contributed by atoms with E-state index in [1.54, 1.807) is 42.9 Å². The van der Waals surface area contributed by atoms with Crippen LogP contribution in [0.3, 0.4) is 0 Å². The van der Waals surface area contributed by atoms with E-state index in [-0.39, 0.29) is 22.9 Å². The van der Waals surface area contributed by atoms with E-state index in [1.807, 2.05) is 30.3 Å². The predicted molar refractivity (Wildman–Crippen MR) is 127 cm³/mol. The molecule has 2 amide bonds. The maximum Gasteiger partial charge on any atom is 0.328 e. The van der Waals surface area contributed by atoms with Crippen LogP contribution >= 0.6 is 11.8 Å². The Morgan fingerprint density at radius 3 is 2.45 bits per heavy atom. The van der Waals surface area contributed by atoms with Crippen LogP contribution in [0.25, 0.3) is 5.69 Å². The first-order valence-electron chi connectivity index (χ1n) is 9.85. The zero-order valence-corrected chi connectivity index (χ0v) is 18.8. The summed E-state index contributed by atoms with van der Waals surface area (Å²) in [7, 11) is 1.75. The SMILES string of the molecule is Cc1c(NC(=O)CSc2cccc(NC(=O)/C=C/C(=O)O)c2)c(=O)n(-c2ccccc2)n1C. The summed E-state index contributed by atoms with van der Waals surface area (Å²) in [6.45, 7) is 1.76. The molecule has 1 heterocycles. The first-order chi connectivity index (χ1) is 15.8. The van der Waals surface area contributed by atoms with Crippen molar-refractivity contribution in [2.24, 2.45) is 7.05 Å². The molecule has 33 heavy (non-hydrogen) atoms. The molecule has 0 aliphatic carbocycles. The predicted octanol–water partition coefficient (Wildman–Crippen LogP) is 2.79. The van der Waals surface area contributed by atoms with Gasteiger partial charge in [0.1, 0.15) is 5.69 Å². The van der Waals surface area contributed by atoms with Gasteiger partial charge in [-0.15, -0.1) is 11.8 Å². The van der Waals surface area contributed by atoms with Gasteiger partial charge in [-0.05, 0) is 37.3 Å². The maximum absolute atomic E-state index is 12.9. The van der Waals surface area contributed by atoms with Gasteiger partial charge in [-0.25, -0.2) is 9.48 Å². The van der Waals surface area contributed by atoms with Gasteiger partial charge in [0.15, 0.2) is 0 Å². The summed E-state index contributed by atoms with van der Waals surface area (Å²) in [4.78, 5) is 48.4. The molecule has 0 bridgehead atoms. The lowest BCUT2D eigenvalue weighted by Gasteiger charge is -2.07. The Morgan fingerprint density at radius 2 is 1.76 bits per heavy atom. The van der Waals surface area contributed by atoms with Gasteiger partial charge in [-0.2, -0.15) is 0 Å². The van der Waals surface area contributed by atoms with Gasteiger partial charge in [0.2, 0.25) is 11.8 Å². The van der Waals surface area contributed by atoms with Crippen molar-refractivity contribution in [2.75, 3.05) is 16.4 Å². The largest absolute Gasteiger partial charge is 0.478 e. The van der Waals surface area contributed by atoms with Crippen molar-refractivity contribution in [1.29, 1.82) is 0 Å². The molecule has 0 saturated heterocycles. The number of aliphatic carboxylic acids is 1. The van der Waals surface area contributed by atoms with E-state index in [0.29, 0.717) is 17.1 Å². The molecule has 0 aliphatic heterocycles. The van der Waals surface area contributed by atoms with Crippen molar-refractivity contribution < 1.29 is 19.5 Å². The van der Waals surface area contributed by atoms with E-state index >= 15 is 0 Å². The second-order valence-electron chi connectivity index (χ2n) is 6.96. The normalized spacial score (nSPS) is 10.8. The topological polar surface area (TPSA) is 122 Å². The number of amides is 2. The number of aromatic nitrogens is 2. The number of para-hydroxylation sites is 1. The van der Waals surface area contributed by atoms with Gasteiger partial charge < -0.3 is 15.7 Å². The average molecular weight is 467 g/mol. The molecule has 0 radical (unpaired) electrons. The summed E-state index contributed by atoms with van der Waals surface area (Å²) >= 11 is 1.24. The fourth-order valence-corrected chi connectivity index (χ4v) is 3.79. The minimum Gasteiger partial charge on any atom is -0.478 e. The van der Waals surface area contributed by atoms with E-state index in [1.165, 1.54) is 16.4 Å². The molecule has 2 aromatic carbocycles. The van der Waals surface area contributed by atoms with Crippen LogP contribution in [0.15, 0.2) is 76.4 Å². The smallest absolute Gasteiger partial charge is 0.328 e. The highest BCUT2D eigenvalue weighted by Crippen LogP contribution is 2.22. The van der Waals surface area contributed by atoms with E-state index in [0.717, 1.165) is 17.0 Å². The number of carboxylic acids is 1. The first kappa shape index (κ1) is 23.6. The Labute approximate surface area is 193 Å². The lowest BCUT2D eigenvalue weighted by atomic mass is 10.3. The van der Waals surface area contributed by atoms with Crippen LogP contribution in [-0.2, 0) is 21.4 Å². The van der Waals surface area contributed by atoms with Crippen LogP contribution in [-0.4, -0.2) is 38.0 Å². The second-order valence-corrected chi connectivity index (χ2v) is 8.01. The minimum absolute atomic E-state index is 0.0510. The lowest BCUT2D eigenvalue weighted by molar-refractivity contribution is -0.131. The summed E-state index contributed by atoms with van der Waals surface area (Å²) in [6, 6.07) is 15.9. The molecule has 10 heteroatoms. The Morgan fingerprint density at radius 1 is 1.03 bits per heavy atom. The van der Waals surface area contributed by atoms with Crippen molar-refractivity contribution in [2.45, 2.75) is 11.8 Å². The Kier molecular flexibility index (Phi) is 7.52. The summed E-state index contributed by atoms with van der Waals surface area (Å²) in [5, 5.41) is 13.8. The molecule has 3 rings (SSSR count). The van der Waals surface area contributed by atoms with Crippen molar-refractivity contribution in [3.8, 4) is 5.69 Å². The number of carboxylic acid groups (broad SMARTS) is 1. The molecule has 1 aromatic heterocycles. The lowest BCUT2D eigenvalue weighted by Crippen LogP contribution is -2.23. The van der Waals surface area contributed by atoms with Crippen molar-refractivity contribution in [3.63, 3.8) is 0 Å². The molecule has 0 saturated carbocycles. The summed E-state index contributed by atoms with van der Waals surface area (Å²) in [5.74, 6) is -2.09. The highest BCUT2D eigenvalue weighted by molar-refractivity contribution is 8.00. The van der Waals surface area contributed by atoms with E-state index in [2.05, 4.69) is 10.6 Å². The number of nitrogens with zero attached hydrogens (tertiary/aromatic N) is 2. The molecular weight excluding hydrogens is 444 g/mol. The number of carbonyl (C=O) groups is 3. The molecule has 3 aromatic rings. The summed E-state index contributed by atoms with van der Waals surface area (Å²) in [5.41, 5.74) is 1.68. The third-order valence-corrected chi connectivity index (χ3v) is 5.66. The summed E-state index contributed by atoms with van der Waals surface area (Å²) < 4.78 is 3.18. The van der Waals surface area contributed by atoms with Crippen molar-refractivity contribution in [3.05, 3.63) is 82.8 Å². The number of carbonyl (C=O) groups excluding carboxylic acids is 2. The Hall–Kier alpha value is -4.05. The fourth-order valence-electron chi connectivity index (χ4n) is 3.03. The number of rotatable bonds is 8. The van der Waals surface area contributed by atoms with Crippen LogP contribution in [0.4, 0.5) is 11.4 Å². The number of hydrogen-bond donors (Lipinski definition) is 3. The van der Waals surface area contributed by atoms with Gasteiger partial charge in [-0.1, -0.05) is 24.3 Å². The molecule has 0 aliphatic rings. The standard InChI is InChI=1S/C23H22N4O5S/c1-15-22(23(32)27(26(15)2)17-8-4-3-5-9-17)25-20(29)14-33-18-10-6-7-16(13-18)24-19(28)11-12-21(30)31/h3-13H,14H2,1-2H3,(H,24,28)(H,25,29)(H,30,31)/b12-11+. The Bertz CT molecular complexity index is 1280. The van der Waals surface area contributed by atoms with Gasteiger partial charge in [0, 0.05) is 29.8 Å². The maximum atomic E-state index is 12.9. The Balaban J connectivity index is 1.65. The van der Waals surface area contributed by atoms with E-state index < -0.39 is 11.9 Å². The van der Waals surface area contributed by atoms with Gasteiger partial charge in [0.25, 0.3) is 5.56 Å². The fraction of sp³-hybridized carbons (Fsp3) is 0.130. The molecule has 9 nitrogen and oxygen atoms in total.